The summed E-state index contributed by atoms with van der Waals surface area (Å²) in [7, 11) is 0. The van der Waals surface area contributed by atoms with Gasteiger partial charge in [-0.1, -0.05) is 0 Å². The predicted octanol–water partition coefficient (Wildman–Crippen LogP) is 0.323. The second-order valence-corrected chi connectivity index (χ2v) is 4.41. The van der Waals surface area contributed by atoms with Crippen molar-refractivity contribution in [3.63, 3.8) is 0 Å². The summed E-state index contributed by atoms with van der Waals surface area (Å²) in [5.41, 5.74) is 2.78. The van der Waals surface area contributed by atoms with Gasteiger partial charge in [-0.2, -0.15) is 0 Å². The fraction of sp³-hybridized carbons (Fsp3) is 0.231. The first kappa shape index (κ1) is 12.5. The van der Waals surface area contributed by atoms with Gasteiger partial charge in [0.1, 0.15) is 5.69 Å². The standard InChI is InChI=1S/C13H13N5O2/c1-8-9(2-5-19)13(20)18-12(16-8)6-10(17-18)11-7-14-3-4-15-11/h3-4,6-7,17,19H,2,5H2,1H3. The lowest BCUT2D eigenvalue weighted by Crippen LogP contribution is -2.22. The Balaban J connectivity index is 2.22. The quantitative estimate of drug-likeness (QED) is 0.715. The molecule has 7 heteroatoms. The minimum absolute atomic E-state index is 0.0818. The minimum atomic E-state index is -0.198. The van der Waals surface area contributed by atoms with E-state index in [1.165, 1.54) is 4.52 Å². The third-order valence-electron chi connectivity index (χ3n) is 3.12. The summed E-state index contributed by atoms with van der Waals surface area (Å²) >= 11 is 0. The van der Waals surface area contributed by atoms with Gasteiger partial charge in [-0.25, -0.2) is 9.50 Å². The van der Waals surface area contributed by atoms with E-state index in [0.717, 1.165) is 0 Å². The Bertz CT molecular complexity index is 807. The lowest BCUT2D eigenvalue weighted by Gasteiger charge is -2.02. The van der Waals surface area contributed by atoms with Crippen LogP contribution in [0.2, 0.25) is 0 Å². The molecule has 0 aliphatic heterocycles. The maximum absolute atomic E-state index is 12.3. The molecule has 7 nitrogen and oxygen atoms in total. The van der Waals surface area contributed by atoms with Crippen LogP contribution in [0.1, 0.15) is 11.3 Å². The third-order valence-corrected chi connectivity index (χ3v) is 3.12. The molecule has 20 heavy (non-hydrogen) atoms. The molecule has 0 radical (unpaired) electrons. The summed E-state index contributed by atoms with van der Waals surface area (Å²) in [5.74, 6) is 0. The molecule has 0 fully saturated rings. The third kappa shape index (κ3) is 1.97. The monoisotopic (exact) mass is 271 g/mol. The first-order valence-electron chi connectivity index (χ1n) is 6.19. The molecular weight excluding hydrogens is 258 g/mol. The van der Waals surface area contributed by atoms with Crippen molar-refractivity contribution in [3.05, 3.63) is 46.3 Å². The van der Waals surface area contributed by atoms with E-state index < -0.39 is 0 Å². The van der Waals surface area contributed by atoms with E-state index in [1.54, 1.807) is 31.6 Å². The van der Waals surface area contributed by atoms with Crippen LogP contribution in [0.15, 0.2) is 29.5 Å². The lowest BCUT2D eigenvalue weighted by molar-refractivity contribution is 0.298. The van der Waals surface area contributed by atoms with Gasteiger partial charge in [0.25, 0.3) is 5.56 Å². The number of hydrogen-bond donors (Lipinski definition) is 2. The van der Waals surface area contributed by atoms with Crippen LogP contribution in [0, 0.1) is 6.92 Å². The molecule has 3 aromatic heterocycles. The van der Waals surface area contributed by atoms with Gasteiger partial charge < -0.3 is 5.11 Å². The second kappa shape index (κ2) is 4.86. The normalized spacial score (nSPS) is 11.1. The molecule has 0 saturated carbocycles. The number of aromatic nitrogens is 5. The zero-order valence-corrected chi connectivity index (χ0v) is 10.9. The molecule has 0 aliphatic carbocycles. The van der Waals surface area contributed by atoms with Crippen molar-refractivity contribution < 1.29 is 5.11 Å². The van der Waals surface area contributed by atoms with E-state index in [-0.39, 0.29) is 12.2 Å². The fourth-order valence-electron chi connectivity index (χ4n) is 2.14. The van der Waals surface area contributed by atoms with E-state index in [9.17, 15) is 4.79 Å². The van der Waals surface area contributed by atoms with E-state index in [4.69, 9.17) is 5.11 Å². The second-order valence-electron chi connectivity index (χ2n) is 4.41. The van der Waals surface area contributed by atoms with Gasteiger partial charge in [-0.3, -0.25) is 19.9 Å². The molecule has 3 aromatic rings. The van der Waals surface area contributed by atoms with Crippen LogP contribution >= 0.6 is 0 Å². The van der Waals surface area contributed by atoms with Crippen LogP contribution in [-0.2, 0) is 6.42 Å². The fourth-order valence-corrected chi connectivity index (χ4v) is 2.14. The molecule has 0 aromatic carbocycles. The van der Waals surface area contributed by atoms with Crippen molar-refractivity contribution in [1.82, 2.24) is 24.6 Å². The molecule has 0 atom stereocenters. The van der Waals surface area contributed by atoms with E-state index in [0.29, 0.717) is 34.7 Å². The average molecular weight is 271 g/mol. The maximum Gasteiger partial charge on any atom is 0.276 e. The minimum Gasteiger partial charge on any atom is -0.396 e. The molecule has 2 N–H and O–H groups in total. The van der Waals surface area contributed by atoms with Crippen LogP contribution in [0.5, 0.6) is 0 Å². The largest absolute Gasteiger partial charge is 0.396 e. The highest BCUT2D eigenvalue weighted by Crippen LogP contribution is 2.15. The number of rotatable bonds is 3. The van der Waals surface area contributed by atoms with Crippen LogP contribution in [-0.4, -0.2) is 36.3 Å². The number of fused-ring (bicyclic) bond motifs is 1. The van der Waals surface area contributed by atoms with Gasteiger partial charge >= 0.3 is 0 Å². The Morgan fingerprint density at radius 2 is 2.25 bits per heavy atom. The van der Waals surface area contributed by atoms with Gasteiger partial charge in [-0.05, 0) is 6.92 Å². The van der Waals surface area contributed by atoms with Crippen molar-refractivity contribution in [3.8, 4) is 11.4 Å². The number of nitrogens with one attached hydrogen (secondary N) is 1. The summed E-state index contributed by atoms with van der Waals surface area (Å²) in [6, 6.07) is 1.75. The highest BCUT2D eigenvalue weighted by atomic mass is 16.3. The van der Waals surface area contributed by atoms with E-state index in [2.05, 4.69) is 20.1 Å². The molecule has 0 unspecified atom stereocenters. The van der Waals surface area contributed by atoms with Crippen LogP contribution < -0.4 is 5.56 Å². The highest BCUT2D eigenvalue weighted by molar-refractivity contribution is 5.59. The van der Waals surface area contributed by atoms with Gasteiger partial charge in [0.15, 0.2) is 5.65 Å². The van der Waals surface area contributed by atoms with Gasteiger partial charge in [0.05, 0.1) is 11.9 Å². The first-order valence-corrected chi connectivity index (χ1v) is 6.19. The first-order chi connectivity index (χ1) is 9.70. The highest BCUT2D eigenvalue weighted by Gasteiger charge is 2.12. The molecule has 102 valence electrons. The molecule has 3 rings (SSSR count). The molecular formula is C13H13N5O2. The number of hydrogen-bond acceptors (Lipinski definition) is 5. The van der Waals surface area contributed by atoms with Gasteiger partial charge in [0, 0.05) is 42.7 Å². The number of aromatic amines is 1. The zero-order valence-electron chi connectivity index (χ0n) is 10.9. The Labute approximate surface area is 114 Å². The Kier molecular flexibility index (Phi) is 3.03. The molecule has 0 bridgehead atoms. The van der Waals surface area contributed by atoms with Crippen LogP contribution in [0.25, 0.3) is 17.0 Å². The number of H-pyrrole nitrogens is 1. The summed E-state index contributed by atoms with van der Waals surface area (Å²) in [6.45, 7) is 1.68. The number of nitrogens with zero attached hydrogens (tertiary/aromatic N) is 4. The van der Waals surface area contributed by atoms with E-state index in [1.807, 2.05) is 0 Å². The average Bonchev–Trinajstić information content (AvgIpc) is 2.88. The number of aliphatic hydroxyl groups excluding tert-OH is 1. The summed E-state index contributed by atoms with van der Waals surface area (Å²) in [5, 5.41) is 12.0. The molecule has 0 aliphatic rings. The smallest absolute Gasteiger partial charge is 0.276 e. The van der Waals surface area contributed by atoms with Crippen molar-refractivity contribution in [2.45, 2.75) is 13.3 Å². The Morgan fingerprint density at radius 3 is 2.95 bits per heavy atom. The molecule has 0 spiro atoms. The van der Waals surface area contributed by atoms with Crippen LogP contribution in [0.3, 0.4) is 0 Å². The summed E-state index contributed by atoms with van der Waals surface area (Å²) < 4.78 is 1.36. The van der Waals surface area contributed by atoms with Crippen molar-refractivity contribution in [2.24, 2.45) is 0 Å². The SMILES string of the molecule is Cc1nc2cc(-c3cnccn3)[nH]n2c(=O)c1CCO. The predicted molar refractivity (Wildman–Crippen MR) is 72.4 cm³/mol. The van der Waals surface area contributed by atoms with Crippen LogP contribution in [0.4, 0.5) is 0 Å². The van der Waals surface area contributed by atoms with Gasteiger partial charge in [0.2, 0.25) is 0 Å². The summed E-state index contributed by atoms with van der Waals surface area (Å²) in [6.07, 6.45) is 5.07. The Morgan fingerprint density at radius 1 is 1.40 bits per heavy atom. The molecule has 0 amide bonds. The Hall–Kier alpha value is -2.54. The maximum atomic E-state index is 12.3. The number of aryl methyl sites for hydroxylation is 1. The summed E-state index contributed by atoms with van der Waals surface area (Å²) in [4.78, 5) is 24.9. The van der Waals surface area contributed by atoms with Crippen molar-refractivity contribution >= 4 is 5.65 Å². The topological polar surface area (TPSA) is 96.2 Å². The van der Waals surface area contributed by atoms with E-state index >= 15 is 0 Å². The lowest BCUT2D eigenvalue weighted by atomic mass is 10.2. The molecule has 0 saturated heterocycles. The molecule has 3 heterocycles. The van der Waals surface area contributed by atoms with Crippen molar-refractivity contribution in [2.75, 3.05) is 6.61 Å². The van der Waals surface area contributed by atoms with Crippen molar-refractivity contribution in [1.29, 1.82) is 0 Å². The van der Waals surface area contributed by atoms with Gasteiger partial charge in [-0.15, -0.1) is 0 Å². The number of aliphatic hydroxyl groups is 1. The zero-order chi connectivity index (χ0) is 14.1.